The van der Waals surface area contributed by atoms with Crippen LogP contribution in [0.4, 0.5) is 0 Å². The molecule has 6 heteroatoms. The molecule has 1 atom stereocenters. The number of aromatic nitrogens is 1. The van der Waals surface area contributed by atoms with Crippen LogP contribution in [-0.2, 0) is 17.6 Å². The highest BCUT2D eigenvalue weighted by molar-refractivity contribution is 6.30. The van der Waals surface area contributed by atoms with Crippen LogP contribution in [0.5, 0.6) is 0 Å². The van der Waals surface area contributed by atoms with E-state index in [0.717, 1.165) is 31.0 Å². The predicted octanol–water partition coefficient (Wildman–Crippen LogP) is 4.01. The lowest BCUT2D eigenvalue weighted by atomic mass is 9.99. The fraction of sp³-hybridized carbons (Fsp3) is 0.412. The summed E-state index contributed by atoms with van der Waals surface area (Å²) in [5.41, 5.74) is 1.27. The summed E-state index contributed by atoms with van der Waals surface area (Å²) in [7, 11) is 0. The van der Waals surface area contributed by atoms with Gasteiger partial charge in [-0.2, -0.15) is 0 Å². The van der Waals surface area contributed by atoms with Crippen LogP contribution in [0.2, 0.25) is 10.2 Å². The van der Waals surface area contributed by atoms with Gasteiger partial charge in [0.2, 0.25) is 5.91 Å². The van der Waals surface area contributed by atoms with Gasteiger partial charge < -0.3 is 9.42 Å². The zero-order valence-corrected chi connectivity index (χ0v) is 14.2. The fourth-order valence-corrected chi connectivity index (χ4v) is 3.26. The summed E-state index contributed by atoms with van der Waals surface area (Å²) in [6.45, 7) is 1.65. The maximum atomic E-state index is 12.3. The van der Waals surface area contributed by atoms with Gasteiger partial charge >= 0.3 is 0 Å². The van der Waals surface area contributed by atoms with E-state index < -0.39 is 0 Å². The van der Waals surface area contributed by atoms with Crippen molar-refractivity contribution in [3.63, 3.8) is 0 Å². The zero-order valence-electron chi connectivity index (χ0n) is 12.7. The summed E-state index contributed by atoms with van der Waals surface area (Å²) in [5, 5.41) is 4.70. The SMILES string of the molecule is O=C(CCc1cc(Cl)no1)N1CCC(Cc2ccc(Cl)cc2)C1. The van der Waals surface area contributed by atoms with Crippen molar-refractivity contribution in [1.29, 1.82) is 0 Å². The van der Waals surface area contributed by atoms with E-state index in [9.17, 15) is 4.79 Å². The Balaban J connectivity index is 1.46. The molecule has 3 rings (SSSR count). The first-order chi connectivity index (χ1) is 11.1. The molecule has 2 heterocycles. The topological polar surface area (TPSA) is 46.3 Å². The van der Waals surface area contributed by atoms with E-state index >= 15 is 0 Å². The van der Waals surface area contributed by atoms with Crippen LogP contribution in [0.15, 0.2) is 34.9 Å². The molecule has 1 aromatic carbocycles. The number of aryl methyl sites for hydroxylation is 1. The molecule has 1 aliphatic rings. The lowest BCUT2D eigenvalue weighted by Gasteiger charge is -2.16. The second-order valence-electron chi connectivity index (χ2n) is 5.94. The highest BCUT2D eigenvalue weighted by Crippen LogP contribution is 2.23. The average molecular weight is 353 g/mol. The first-order valence-corrected chi connectivity index (χ1v) is 8.49. The molecule has 122 valence electrons. The van der Waals surface area contributed by atoms with Gasteiger partial charge in [0.25, 0.3) is 0 Å². The molecule has 23 heavy (non-hydrogen) atoms. The normalized spacial score (nSPS) is 17.7. The summed E-state index contributed by atoms with van der Waals surface area (Å²) >= 11 is 11.6. The first-order valence-electron chi connectivity index (χ1n) is 7.73. The fourth-order valence-electron chi connectivity index (χ4n) is 2.97. The third-order valence-electron chi connectivity index (χ3n) is 4.19. The largest absolute Gasteiger partial charge is 0.360 e. The van der Waals surface area contributed by atoms with Gasteiger partial charge in [-0.25, -0.2) is 0 Å². The molecular weight excluding hydrogens is 335 g/mol. The number of nitrogens with zero attached hydrogens (tertiary/aromatic N) is 2. The Morgan fingerprint density at radius 1 is 1.30 bits per heavy atom. The van der Waals surface area contributed by atoms with Crippen molar-refractivity contribution in [3.8, 4) is 0 Å². The number of benzene rings is 1. The molecule has 1 saturated heterocycles. The van der Waals surface area contributed by atoms with E-state index in [2.05, 4.69) is 17.3 Å². The van der Waals surface area contributed by atoms with E-state index in [4.69, 9.17) is 27.7 Å². The summed E-state index contributed by atoms with van der Waals surface area (Å²) in [6, 6.07) is 9.59. The van der Waals surface area contributed by atoms with Gasteiger partial charge in [-0.15, -0.1) is 0 Å². The third-order valence-corrected chi connectivity index (χ3v) is 4.62. The first kappa shape index (κ1) is 16.3. The Labute approximate surface area is 145 Å². The predicted molar refractivity (Wildman–Crippen MR) is 89.7 cm³/mol. The molecule has 1 aliphatic heterocycles. The van der Waals surface area contributed by atoms with Gasteiger partial charge in [0.05, 0.1) is 0 Å². The molecule has 0 bridgehead atoms. The van der Waals surface area contributed by atoms with Gasteiger partial charge in [-0.3, -0.25) is 4.79 Å². The van der Waals surface area contributed by atoms with Gasteiger partial charge in [-0.1, -0.05) is 40.5 Å². The van der Waals surface area contributed by atoms with Crippen molar-refractivity contribution in [2.45, 2.75) is 25.7 Å². The monoisotopic (exact) mass is 352 g/mol. The Hall–Kier alpha value is -1.52. The summed E-state index contributed by atoms with van der Waals surface area (Å²) in [5.74, 6) is 1.33. The molecule has 1 amide bonds. The van der Waals surface area contributed by atoms with Crippen molar-refractivity contribution in [2.24, 2.45) is 5.92 Å². The van der Waals surface area contributed by atoms with Crippen LogP contribution in [0.25, 0.3) is 0 Å². The molecule has 0 aliphatic carbocycles. The van der Waals surface area contributed by atoms with Crippen molar-refractivity contribution in [3.05, 3.63) is 51.8 Å². The van der Waals surface area contributed by atoms with Crippen molar-refractivity contribution in [2.75, 3.05) is 13.1 Å². The van der Waals surface area contributed by atoms with E-state index in [-0.39, 0.29) is 5.91 Å². The maximum absolute atomic E-state index is 12.3. The van der Waals surface area contributed by atoms with Crippen LogP contribution in [0.1, 0.15) is 24.2 Å². The molecule has 1 aromatic heterocycles. The van der Waals surface area contributed by atoms with E-state index in [1.807, 2.05) is 17.0 Å². The van der Waals surface area contributed by atoms with Crippen LogP contribution in [0.3, 0.4) is 0 Å². The van der Waals surface area contributed by atoms with Crippen LogP contribution in [0, 0.1) is 5.92 Å². The number of amides is 1. The van der Waals surface area contributed by atoms with Gasteiger partial charge in [0.1, 0.15) is 5.76 Å². The van der Waals surface area contributed by atoms with E-state index in [0.29, 0.717) is 29.7 Å². The molecule has 0 radical (unpaired) electrons. The summed E-state index contributed by atoms with van der Waals surface area (Å²) in [4.78, 5) is 14.2. The standard InChI is InChI=1S/C17H18Cl2N2O2/c18-14-3-1-12(2-4-14)9-13-7-8-21(11-13)17(22)6-5-15-10-16(19)20-23-15/h1-4,10,13H,5-9,11H2. The summed E-state index contributed by atoms with van der Waals surface area (Å²) < 4.78 is 5.02. The molecule has 2 aromatic rings. The Morgan fingerprint density at radius 2 is 2.09 bits per heavy atom. The van der Waals surface area contributed by atoms with Gasteiger partial charge in [0, 0.05) is 37.0 Å². The minimum Gasteiger partial charge on any atom is -0.360 e. The molecule has 0 saturated carbocycles. The highest BCUT2D eigenvalue weighted by atomic mass is 35.5. The molecule has 4 nitrogen and oxygen atoms in total. The molecule has 1 unspecified atom stereocenters. The highest BCUT2D eigenvalue weighted by Gasteiger charge is 2.26. The van der Waals surface area contributed by atoms with E-state index in [1.165, 1.54) is 5.56 Å². The Bertz CT molecular complexity index is 669. The second-order valence-corrected chi connectivity index (χ2v) is 6.76. The van der Waals surface area contributed by atoms with Crippen molar-refractivity contribution >= 4 is 29.1 Å². The quantitative estimate of drug-likeness (QED) is 0.816. The number of halogens is 2. The smallest absolute Gasteiger partial charge is 0.223 e. The number of carbonyl (C=O) groups is 1. The van der Waals surface area contributed by atoms with Crippen molar-refractivity contribution in [1.82, 2.24) is 10.1 Å². The number of rotatable bonds is 5. The molecular formula is C17H18Cl2N2O2. The lowest BCUT2D eigenvalue weighted by Crippen LogP contribution is -2.29. The molecule has 0 N–H and O–H groups in total. The van der Waals surface area contributed by atoms with Crippen LogP contribution in [-0.4, -0.2) is 29.1 Å². The zero-order chi connectivity index (χ0) is 16.2. The Kier molecular flexibility index (Phi) is 5.23. The number of likely N-dealkylation sites (tertiary alicyclic amines) is 1. The van der Waals surface area contributed by atoms with Gasteiger partial charge in [0.15, 0.2) is 5.15 Å². The van der Waals surface area contributed by atoms with Gasteiger partial charge in [-0.05, 0) is 36.5 Å². The lowest BCUT2D eigenvalue weighted by molar-refractivity contribution is -0.130. The third kappa shape index (κ3) is 4.49. The Morgan fingerprint density at radius 3 is 2.78 bits per heavy atom. The van der Waals surface area contributed by atoms with E-state index in [1.54, 1.807) is 6.07 Å². The van der Waals surface area contributed by atoms with Crippen molar-refractivity contribution < 1.29 is 9.32 Å². The number of hydrogen-bond acceptors (Lipinski definition) is 3. The molecule has 1 fully saturated rings. The average Bonchev–Trinajstić information content (AvgIpc) is 3.16. The maximum Gasteiger partial charge on any atom is 0.223 e. The molecule has 0 spiro atoms. The minimum atomic E-state index is 0.163. The number of carbonyl (C=O) groups excluding carboxylic acids is 1. The minimum absolute atomic E-state index is 0.163. The summed E-state index contributed by atoms with van der Waals surface area (Å²) in [6.07, 6.45) is 3.00. The van der Waals surface area contributed by atoms with Crippen LogP contribution < -0.4 is 0 Å². The second kappa shape index (κ2) is 7.37. The van der Waals surface area contributed by atoms with Crippen LogP contribution >= 0.6 is 23.2 Å². The number of hydrogen-bond donors (Lipinski definition) is 0.